The highest BCUT2D eigenvalue weighted by molar-refractivity contribution is 7.92. The maximum atomic E-state index is 13.0. The van der Waals surface area contributed by atoms with E-state index in [0.29, 0.717) is 38.2 Å². The average Bonchev–Trinajstić information content (AvgIpc) is 2.67. The number of rotatable bonds is 7. The van der Waals surface area contributed by atoms with Crippen molar-refractivity contribution in [2.75, 3.05) is 30.3 Å². The van der Waals surface area contributed by atoms with Crippen LogP contribution in [-0.2, 0) is 30.8 Å². The van der Waals surface area contributed by atoms with Crippen molar-refractivity contribution in [3.05, 3.63) is 29.8 Å². The molecule has 1 amide bonds. The number of carbonyl (C=O) groups is 2. The average molecular weight is 411 g/mol. The predicted octanol–water partition coefficient (Wildman–Crippen LogP) is 2.21. The predicted molar refractivity (Wildman–Crippen MR) is 109 cm³/mol. The molecule has 7 nitrogen and oxygen atoms in total. The normalized spacial score (nSPS) is 16.5. The summed E-state index contributed by atoms with van der Waals surface area (Å²) in [5.41, 5.74) is 1.57. The largest absolute Gasteiger partial charge is 0.466 e. The molecule has 0 bridgehead atoms. The minimum atomic E-state index is -3.64. The van der Waals surface area contributed by atoms with Crippen molar-refractivity contribution in [1.29, 1.82) is 0 Å². The highest BCUT2D eigenvalue weighted by Crippen LogP contribution is 2.25. The number of sulfonamides is 1. The van der Waals surface area contributed by atoms with E-state index in [1.165, 1.54) is 4.31 Å². The summed E-state index contributed by atoms with van der Waals surface area (Å²) in [5, 5.41) is 0. The Morgan fingerprint density at radius 3 is 2.21 bits per heavy atom. The second kappa shape index (κ2) is 9.41. The third-order valence-electron chi connectivity index (χ3n) is 5.09. The molecule has 28 heavy (non-hydrogen) atoms. The third-order valence-corrected chi connectivity index (χ3v) is 6.33. The molecule has 0 aromatic heterocycles. The molecule has 0 aliphatic carbocycles. The van der Waals surface area contributed by atoms with E-state index in [4.69, 9.17) is 4.74 Å². The Balaban J connectivity index is 2.13. The van der Waals surface area contributed by atoms with E-state index in [1.54, 1.807) is 30.9 Å². The lowest BCUT2D eigenvalue weighted by Gasteiger charge is -2.36. The summed E-state index contributed by atoms with van der Waals surface area (Å²) >= 11 is 0. The summed E-state index contributed by atoms with van der Waals surface area (Å²) in [7, 11) is -3.64. The zero-order valence-corrected chi connectivity index (χ0v) is 17.9. The van der Waals surface area contributed by atoms with Crippen LogP contribution < -0.4 is 4.31 Å². The minimum Gasteiger partial charge on any atom is -0.466 e. The number of benzene rings is 1. The fourth-order valence-corrected chi connectivity index (χ4v) is 4.71. The van der Waals surface area contributed by atoms with Crippen LogP contribution in [0.25, 0.3) is 0 Å². The van der Waals surface area contributed by atoms with Gasteiger partial charge in [-0.15, -0.1) is 0 Å². The fourth-order valence-electron chi connectivity index (χ4n) is 3.54. The van der Waals surface area contributed by atoms with Crippen molar-refractivity contribution in [2.45, 2.75) is 46.1 Å². The molecule has 0 N–H and O–H groups in total. The third kappa shape index (κ3) is 5.25. The van der Waals surface area contributed by atoms with Gasteiger partial charge in [-0.2, -0.15) is 0 Å². The van der Waals surface area contributed by atoms with Crippen molar-refractivity contribution < 1.29 is 22.7 Å². The summed E-state index contributed by atoms with van der Waals surface area (Å²) in [6, 6.07) is 6.35. The number of ether oxygens (including phenoxy) is 1. The second-order valence-electron chi connectivity index (χ2n) is 7.11. The van der Waals surface area contributed by atoms with Gasteiger partial charge in [0.15, 0.2) is 0 Å². The maximum absolute atomic E-state index is 13.0. The molecule has 0 spiro atoms. The molecule has 156 valence electrons. The number of aryl methyl sites for hydroxylation is 1. The van der Waals surface area contributed by atoms with Gasteiger partial charge < -0.3 is 9.64 Å². The number of esters is 1. The van der Waals surface area contributed by atoms with Crippen LogP contribution in [0, 0.1) is 5.92 Å². The van der Waals surface area contributed by atoms with Crippen molar-refractivity contribution in [3.8, 4) is 0 Å². The van der Waals surface area contributed by atoms with Crippen LogP contribution in [0.5, 0.6) is 0 Å². The van der Waals surface area contributed by atoms with Gasteiger partial charge in [0.2, 0.25) is 15.9 Å². The molecule has 8 heteroatoms. The molecule has 0 radical (unpaired) electrons. The van der Waals surface area contributed by atoms with Crippen molar-refractivity contribution in [3.63, 3.8) is 0 Å². The summed E-state index contributed by atoms with van der Waals surface area (Å²) in [5.74, 6) is -0.685. The van der Waals surface area contributed by atoms with E-state index in [1.807, 2.05) is 19.1 Å². The summed E-state index contributed by atoms with van der Waals surface area (Å²) in [4.78, 5) is 26.5. The molecule has 1 fully saturated rings. The van der Waals surface area contributed by atoms with E-state index < -0.39 is 16.1 Å². The van der Waals surface area contributed by atoms with Crippen molar-refractivity contribution in [1.82, 2.24) is 4.90 Å². The van der Waals surface area contributed by atoms with E-state index in [2.05, 4.69) is 0 Å². The van der Waals surface area contributed by atoms with Crippen LogP contribution in [0.4, 0.5) is 5.69 Å². The Bertz CT molecular complexity index is 783. The van der Waals surface area contributed by atoms with Crippen LogP contribution in [0.1, 0.15) is 39.2 Å². The zero-order valence-electron chi connectivity index (χ0n) is 17.1. The van der Waals surface area contributed by atoms with Gasteiger partial charge in [0.1, 0.15) is 6.04 Å². The highest BCUT2D eigenvalue weighted by Gasteiger charge is 2.35. The number of hydrogen-bond acceptors (Lipinski definition) is 5. The summed E-state index contributed by atoms with van der Waals surface area (Å²) < 4.78 is 31.1. The number of anilines is 1. The Morgan fingerprint density at radius 2 is 1.75 bits per heavy atom. The molecule has 0 unspecified atom stereocenters. The van der Waals surface area contributed by atoms with E-state index in [0.717, 1.165) is 18.2 Å². The number of likely N-dealkylation sites (tertiary alicyclic amines) is 1. The van der Waals surface area contributed by atoms with Crippen LogP contribution in [0.15, 0.2) is 24.3 Å². The summed E-state index contributed by atoms with van der Waals surface area (Å²) in [6.45, 7) is 6.57. The first-order chi connectivity index (χ1) is 13.2. The molecule has 1 aromatic carbocycles. The standard InChI is InChI=1S/C20H30N2O5S/c1-5-16-7-9-18(10-8-16)22(28(4,25)26)15(3)19(23)21-13-11-17(12-14-21)20(24)27-6-2/h7-10,15,17H,5-6,11-14H2,1-4H3/t15-/m1/s1. The molecule has 1 aliphatic heterocycles. The molecular formula is C20H30N2O5S. The van der Waals surface area contributed by atoms with Gasteiger partial charge in [-0.05, 0) is 50.8 Å². The number of carbonyl (C=O) groups excluding carboxylic acids is 2. The monoisotopic (exact) mass is 410 g/mol. The second-order valence-corrected chi connectivity index (χ2v) is 8.97. The molecule has 1 atom stereocenters. The van der Waals surface area contributed by atoms with Crippen LogP contribution in [0.3, 0.4) is 0 Å². The number of piperidine rings is 1. The van der Waals surface area contributed by atoms with Gasteiger partial charge in [-0.1, -0.05) is 19.1 Å². The van der Waals surface area contributed by atoms with Crippen LogP contribution in [0.2, 0.25) is 0 Å². The van der Waals surface area contributed by atoms with E-state index in [9.17, 15) is 18.0 Å². The van der Waals surface area contributed by atoms with Crippen molar-refractivity contribution >= 4 is 27.6 Å². The molecule has 0 saturated carbocycles. The summed E-state index contributed by atoms with van der Waals surface area (Å²) in [6.07, 6.45) is 3.02. The molecule has 1 aliphatic rings. The lowest BCUT2D eigenvalue weighted by atomic mass is 9.96. The van der Waals surface area contributed by atoms with E-state index >= 15 is 0 Å². The first-order valence-corrected chi connectivity index (χ1v) is 11.6. The molecule has 2 rings (SSSR count). The van der Waals surface area contributed by atoms with Gasteiger partial charge >= 0.3 is 5.97 Å². The van der Waals surface area contributed by atoms with Gasteiger partial charge in [0.05, 0.1) is 24.5 Å². The Morgan fingerprint density at radius 1 is 1.18 bits per heavy atom. The number of amides is 1. The molecular weight excluding hydrogens is 380 g/mol. The van der Waals surface area contributed by atoms with E-state index in [-0.39, 0.29) is 17.8 Å². The quantitative estimate of drug-likeness (QED) is 0.644. The Labute approximate surface area is 167 Å². The highest BCUT2D eigenvalue weighted by atomic mass is 32.2. The lowest BCUT2D eigenvalue weighted by Crippen LogP contribution is -2.51. The lowest BCUT2D eigenvalue weighted by molar-refractivity contribution is -0.151. The zero-order chi connectivity index (χ0) is 20.9. The first kappa shape index (κ1) is 22.2. The molecule has 1 saturated heterocycles. The SMILES string of the molecule is CCOC(=O)C1CCN(C(=O)[C@@H](C)N(c2ccc(CC)cc2)S(C)(=O)=O)CC1. The van der Waals surface area contributed by atoms with Crippen LogP contribution in [-0.4, -0.2) is 57.2 Å². The number of hydrogen-bond donors (Lipinski definition) is 0. The molecule has 1 aromatic rings. The fraction of sp³-hybridized carbons (Fsp3) is 0.600. The van der Waals surface area contributed by atoms with Gasteiger partial charge in [0.25, 0.3) is 0 Å². The minimum absolute atomic E-state index is 0.202. The Kier molecular flexibility index (Phi) is 7.46. The maximum Gasteiger partial charge on any atom is 0.309 e. The van der Waals surface area contributed by atoms with Crippen LogP contribution >= 0.6 is 0 Å². The van der Waals surface area contributed by atoms with Crippen molar-refractivity contribution in [2.24, 2.45) is 5.92 Å². The smallest absolute Gasteiger partial charge is 0.309 e. The van der Waals surface area contributed by atoms with Gasteiger partial charge in [-0.3, -0.25) is 13.9 Å². The topological polar surface area (TPSA) is 84.0 Å². The Hall–Kier alpha value is -2.09. The van der Waals surface area contributed by atoms with Gasteiger partial charge in [-0.25, -0.2) is 8.42 Å². The molecule has 1 heterocycles. The number of nitrogens with zero attached hydrogens (tertiary/aromatic N) is 2. The first-order valence-electron chi connectivity index (χ1n) is 9.72. The van der Waals surface area contributed by atoms with Gasteiger partial charge in [0, 0.05) is 13.1 Å².